The molecule has 4 nitrogen and oxygen atoms in total. The molecule has 0 unspecified atom stereocenters. The third-order valence-electron chi connectivity index (χ3n) is 3.61. The molecular formula is C19H21NO3. The topological polar surface area (TPSA) is 44.5 Å². The van der Waals surface area contributed by atoms with Crippen LogP contribution in [0.1, 0.15) is 25.0 Å². The van der Waals surface area contributed by atoms with Crippen LogP contribution in [0.4, 0.5) is 0 Å². The Kier molecular flexibility index (Phi) is 4.24. The molecule has 1 aromatic heterocycles. The summed E-state index contributed by atoms with van der Waals surface area (Å²) in [6, 6.07) is 9.84. The van der Waals surface area contributed by atoms with E-state index in [1.807, 2.05) is 45.0 Å². The van der Waals surface area contributed by atoms with E-state index < -0.39 is 0 Å². The van der Waals surface area contributed by atoms with Gasteiger partial charge in [0.1, 0.15) is 17.0 Å². The minimum atomic E-state index is 0.554. The maximum Gasteiger partial charge on any atom is 0.231 e. The van der Waals surface area contributed by atoms with Crippen LogP contribution in [0, 0.1) is 13.8 Å². The Hall–Kier alpha value is -2.49. The normalized spacial score (nSPS) is 11.0. The highest BCUT2D eigenvalue weighted by molar-refractivity contribution is 5.81. The third-order valence-corrected chi connectivity index (χ3v) is 3.61. The quantitative estimate of drug-likeness (QED) is 0.671. The Labute approximate surface area is 136 Å². The van der Waals surface area contributed by atoms with Gasteiger partial charge in [-0.3, -0.25) is 0 Å². The molecule has 0 fully saturated rings. The predicted molar refractivity (Wildman–Crippen MR) is 91.3 cm³/mol. The van der Waals surface area contributed by atoms with E-state index in [9.17, 15) is 0 Å². The summed E-state index contributed by atoms with van der Waals surface area (Å²) in [6.45, 7) is 9.20. The smallest absolute Gasteiger partial charge is 0.231 e. The van der Waals surface area contributed by atoms with Crippen LogP contribution in [0.5, 0.6) is 11.5 Å². The molecule has 4 heteroatoms. The fourth-order valence-corrected chi connectivity index (χ4v) is 2.71. The number of ether oxygens (including phenoxy) is 2. The molecule has 0 bridgehead atoms. The molecule has 0 spiro atoms. The zero-order valence-electron chi connectivity index (χ0n) is 14.0. The van der Waals surface area contributed by atoms with Crippen molar-refractivity contribution >= 4 is 11.1 Å². The van der Waals surface area contributed by atoms with Gasteiger partial charge in [0.25, 0.3) is 0 Å². The van der Waals surface area contributed by atoms with Gasteiger partial charge >= 0.3 is 0 Å². The van der Waals surface area contributed by atoms with Crippen LogP contribution < -0.4 is 9.47 Å². The molecule has 0 saturated heterocycles. The fraction of sp³-hybridized carbons (Fsp3) is 0.316. The molecule has 0 aliphatic heterocycles. The number of aryl methyl sites for hydroxylation is 2. The summed E-state index contributed by atoms with van der Waals surface area (Å²) in [5.41, 5.74) is 4.74. The van der Waals surface area contributed by atoms with Crippen LogP contribution in [-0.4, -0.2) is 18.2 Å². The van der Waals surface area contributed by atoms with Crippen molar-refractivity contribution in [1.29, 1.82) is 0 Å². The number of hydrogen-bond acceptors (Lipinski definition) is 4. The lowest BCUT2D eigenvalue weighted by atomic mass is 10.1. The fourth-order valence-electron chi connectivity index (χ4n) is 2.71. The van der Waals surface area contributed by atoms with Gasteiger partial charge in [-0.2, -0.15) is 0 Å². The first-order chi connectivity index (χ1) is 11.1. The zero-order chi connectivity index (χ0) is 16.4. The summed E-state index contributed by atoms with van der Waals surface area (Å²) in [5, 5.41) is 0. The monoisotopic (exact) mass is 311 g/mol. The van der Waals surface area contributed by atoms with Crippen molar-refractivity contribution in [3.63, 3.8) is 0 Å². The number of benzene rings is 2. The Morgan fingerprint density at radius 1 is 1.00 bits per heavy atom. The van der Waals surface area contributed by atoms with Crippen LogP contribution >= 0.6 is 0 Å². The number of fused-ring (bicyclic) bond motifs is 1. The molecule has 3 aromatic rings. The van der Waals surface area contributed by atoms with Gasteiger partial charge < -0.3 is 13.9 Å². The van der Waals surface area contributed by atoms with E-state index in [0.717, 1.165) is 33.7 Å². The van der Waals surface area contributed by atoms with Gasteiger partial charge in [-0.15, -0.1) is 0 Å². The lowest BCUT2D eigenvalue weighted by molar-refractivity contribution is 0.331. The lowest BCUT2D eigenvalue weighted by Crippen LogP contribution is -1.96. The summed E-state index contributed by atoms with van der Waals surface area (Å²) in [6.07, 6.45) is 0. The molecule has 0 aliphatic carbocycles. The average molecular weight is 311 g/mol. The van der Waals surface area contributed by atoms with Crippen molar-refractivity contribution in [3.8, 4) is 23.0 Å². The van der Waals surface area contributed by atoms with Crippen molar-refractivity contribution in [1.82, 2.24) is 4.98 Å². The number of rotatable bonds is 5. The highest BCUT2D eigenvalue weighted by atomic mass is 16.5. The standard InChI is InChI=1S/C19H21NO3/c1-5-21-14-7-8-17(22-6-2)15(11-14)19-20-16-10-12(3)9-13(4)18(16)23-19/h7-11H,5-6H2,1-4H3. The van der Waals surface area contributed by atoms with Crippen molar-refractivity contribution in [2.24, 2.45) is 0 Å². The van der Waals surface area contributed by atoms with Gasteiger partial charge in [-0.25, -0.2) is 4.98 Å². The Bertz CT molecular complexity index is 836. The van der Waals surface area contributed by atoms with E-state index in [-0.39, 0.29) is 0 Å². The van der Waals surface area contributed by atoms with E-state index in [1.165, 1.54) is 5.56 Å². The third kappa shape index (κ3) is 3.02. The van der Waals surface area contributed by atoms with Crippen LogP contribution in [0.25, 0.3) is 22.6 Å². The molecule has 0 saturated carbocycles. The maximum atomic E-state index is 6.01. The molecule has 0 atom stereocenters. The Morgan fingerprint density at radius 2 is 1.78 bits per heavy atom. The molecule has 0 radical (unpaired) electrons. The molecule has 1 heterocycles. The first kappa shape index (κ1) is 15.4. The largest absolute Gasteiger partial charge is 0.494 e. The second-order valence-electron chi connectivity index (χ2n) is 5.47. The van der Waals surface area contributed by atoms with E-state index in [0.29, 0.717) is 19.1 Å². The Morgan fingerprint density at radius 3 is 2.52 bits per heavy atom. The molecule has 23 heavy (non-hydrogen) atoms. The first-order valence-electron chi connectivity index (χ1n) is 7.90. The van der Waals surface area contributed by atoms with Gasteiger partial charge in [-0.05, 0) is 63.1 Å². The number of oxazole rings is 1. The minimum absolute atomic E-state index is 0.554. The van der Waals surface area contributed by atoms with Crippen LogP contribution in [0.3, 0.4) is 0 Å². The molecule has 3 rings (SSSR count). The van der Waals surface area contributed by atoms with Crippen molar-refractivity contribution in [2.45, 2.75) is 27.7 Å². The van der Waals surface area contributed by atoms with Gasteiger partial charge in [0.2, 0.25) is 5.89 Å². The second-order valence-corrected chi connectivity index (χ2v) is 5.47. The highest BCUT2D eigenvalue weighted by Crippen LogP contribution is 2.35. The average Bonchev–Trinajstić information content (AvgIpc) is 2.93. The van der Waals surface area contributed by atoms with Crippen LogP contribution in [0.2, 0.25) is 0 Å². The molecule has 2 aromatic carbocycles. The van der Waals surface area contributed by atoms with Gasteiger partial charge in [0.05, 0.1) is 18.8 Å². The van der Waals surface area contributed by atoms with Gasteiger partial charge in [0, 0.05) is 0 Å². The molecule has 120 valence electrons. The molecular weight excluding hydrogens is 290 g/mol. The molecule has 0 aliphatic rings. The van der Waals surface area contributed by atoms with Crippen LogP contribution in [0.15, 0.2) is 34.7 Å². The highest BCUT2D eigenvalue weighted by Gasteiger charge is 2.16. The summed E-state index contributed by atoms with van der Waals surface area (Å²) in [5.74, 6) is 2.08. The number of aromatic nitrogens is 1. The summed E-state index contributed by atoms with van der Waals surface area (Å²) in [4.78, 5) is 4.65. The van der Waals surface area contributed by atoms with Crippen molar-refractivity contribution < 1.29 is 13.9 Å². The van der Waals surface area contributed by atoms with Gasteiger partial charge in [0.15, 0.2) is 5.58 Å². The minimum Gasteiger partial charge on any atom is -0.494 e. The number of hydrogen-bond donors (Lipinski definition) is 0. The van der Waals surface area contributed by atoms with E-state index in [1.54, 1.807) is 0 Å². The van der Waals surface area contributed by atoms with E-state index >= 15 is 0 Å². The van der Waals surface area contributed by atoms with E-state index in [2.05, 4.69) is 18.0 Å². The summed E-state index contributed by atoms with van der Waals surface area (Å²) in [7, 11) is 0. The Balaban J connectivity index is 2.15. The van der Waals surface area contributed by atoms with Crippen molar-refractivity contribution in [3.05, 3.63) is 41.5 Å². The van der Waals surface area contributed by atoms with E-state index in [4.69, 9.17) is 13.9 Å². The SMILES string of the molecule is CCOc1ccc(OCC)c(-c2nc3cc(C)cc(C)c3o2)c1. The number of nitrogens with zero attached hydrogens (tertiary/aromatic N) is 1. The molecule has 0 amide bonds. The second kappa shape index (κ2) is 6.32. The van der Waals surface area contributed by atoms with Crippen molar-refractivity contribution in [2.75, 3.05) is 13.2 Å². The van der Waals surface area contributed by atoms with Crippen LogP contribution in [-0.2, 0) is 0 Å². The first-order valence-corrected chi connectivity index (χ1v) is 7.90. The molecule has 0 N–H and O–H groups in total. The zero-order valence-corrected chi connectivity index (χ0v) is 14.0. The maximum absolute atomic E-state index is 6.01. The predicted octanol–water partition coefficient (Wildman–Crippen LogP) is 4.91. The lowest BCUT2D eigenvalue weighted by Gasteiger charge is -2.10. The van der Waals surface area contributed by atoms with Gasteiger partial charge in [-0.1, -0.05) is 6.07 Å². The summed E-state index contributed by atoms with van der Waals surface area (Å²) >= 11 is 0. The summed E-state index contributed by atoms with van der Waals surface area (Å²) < 4.78 is 17.3.